The molecule has 3 rings (SSSR count). The average molecular weight is 367 g/mol. The van der Waals surface area contributed by atoms with E-state index in [2.05, 4.69) is 0 Å². The molecule has 1 heterocycles. The lowest BCUT2D eigenvalue weighted by Crippen LogP contribution is -2.29. The number of ether oxygens (including phenoxy) is 2. The molecule has 0 aliphatic heterocycles. The minimum Gasteiger partial charge on any atom is -0.497 e. The van der Waals surface area contributed by atoms with Crippen LogP contribution in [-0.4, -0.2) is 24.2 Å². The van der Waals surface area contributed by atoms with Crippen molar-refractivity contribution in [2.75, 3.05) is 14.2 Å². The molecule has 0 fully saturated rings. The lowest BCUT2D eigenvalue weighted by molar-refractivity contribution is -0.472. The highest BCUT2D eigenvalue weighted by atomic mass is 16.5. The first-order valence-electron chi connectivity index (χ1n) is 8.71. The highest BCUT2D eigenvalue weighted by molar-refractivity contribution is 5.70. The first-order chi connectivity index (χ1) is 13.0. The second kappa shape index (κ2) is 7.53. The van der Waals surface area contributed by atoms with E-state index in [0.717, 1.165) is 14.7 Å². The molecular formula is C21H23N2O4+. The standard InChI is InChI=1S/C21H23N2O4/c1-5-18-21(15-9-7-6-8-10-15)23(25)20(14(2)22(18)24)17-13-16(26-3)11-12-19(17)27-4/h6-13,24H,5H2,1-4H3/q+1. The third-order valence-corrected chi connectivity index (χ3v) is 4.64. The summed E-state index contributed by atoms with van der Waals surface area (Å²) in [5.74, 6) is 1.11. The number of nitrogens with zero attached hydrogens (tertiary/aromatic N) is 2. The van der Waals surface area contributed by atoms with Crippen LogP contribution in [0.15, 0.2) is 48.5 Å². The molecule has 0 aliphatic rings. The van der Waals surface area contributed by atoms with Gasteiger partial charge in [-0.15, -0.1) is 0 Å². The smallest absolute Gasteiger partial charge is 0.297 e. The van der Waals surface area contributed by atoms with Gasteiger partial charge < -0.3 is 14.7 Å². The number of benzene rings is 2. The van der Waals surface area contributed by atoms with E-state index in [-0.39, 0.29) is 0 Å². The number of rotatable bonds is 5. The maximum absolute atomic E-state index is 13.5. The Kier molecular flexibility index (Phi) is 5.16. The number of aromatic nitrogens is 2. The van der Waals surface area contributed by atoms with Gasteiger partial charge in [-0.2, -0.15) is 4.73 Å². The van der Waals surface area contributed by atoms with Crippen molar-refractivity contribution in [2.24, 2.45) is 0 Å². The summed E-state index contributed by atoms with van der Waals surface area (Å²) in [4.78, 5) is 13.5. The van der Waals surface area contributed by atoms with Crippen molar-refractivity contribution in [3.8, 4) is 34.0 Å². The van der Waals surface area contributed by atoms with Crippen LogP contribution in [-0.2, 0) is 6.42 Å². The van der Waals surface area contributed by atoms with Gasteiger partial charge in [0.05, 0.1) is 29.8 Å². The molecular weight excluding hydrogens is 344 g/mol. The summed E-state index contributed by atoms with van der Waals surface area (Å²) in [6.07, 6.45) is 0.499. The van der Waals surface area contributed by atoms with Crippen LogP contribution in [0.5, 0.6) is 11.5 Å². The van der Waals surface area contributed by atoms with Crippen LogP contribution in [0, 0.1) is 11.8 Å². The monoisotopic (exact) mass is 367 g/mol. The van der Waals surface area contributed by atoms with Crippen LogP contribution in [0.4, 0.5) is 0 Å². The quantitative estimate of drug-likeness (QED) is 0.549. The normalized spacial score (nSPS) is 10.7. The maximum Gasteiger partial charge on any atom is 0.297 e. The SMILES string of the molecule is CCc1c(-c2ccccc2)[n+](=O)c(-c2cc(OC)ccc2OC)c(C)n1O. The van der Waals surface area contributed by atoms with Gasteiger partial charge in [-0.1, -0.05) is 25.1 Å². The number of hydrogen-bond donors (Lipinski definition) is 1. The summed E-state index contributed by atoms with van der Waals surface area (Å²) in [7, 11) is 3.10. The van der Waals surface area contributed by atoms with Crippen molar-refractivity contribution in [3.05, 3.63) is 64.8 Å². The van der Waals surface area contributed by atoms with Gasteiger partial charge in [0.2, 0.25) is 0 Å². The zero-order valence-corrected chi connectivity index (χ0v) is 15.9. The predicted octanol–water partition coefficient (Wildman–Crippen LogP) is 3.86. The van der Waals surface area contributed by atoms with E-state index in [1.54, 1.807) is 39.3 Å². The summed E-state index contributed by atoms with van der Waals surface area (Å²) in [6, 6.07) is 14.6. The Hall–Kier alpha value is -3.28. The predicted molar refractivity (Wildman–Crippen MR) is 103 cm³/mol. The Morgan fingerprint density at radius 3 is 2.33 bits per heavy atom. The second-order valence-corrected chi connectivity index (χ2v) is 6.12. The van der Waals surface area contributed by atoms with Crippen LogP contribution in [0.2, 0.25) is 0 Å². The van der Waals surface area contributed by atoms with Gasteiger partial charge in [0.1, 0.15) is 22.9 Å². The van der Waals surface area contributed by atoms with E-state index >= 15 is 0 Å². The molecule has 2 aromatic carbocycles. The van der Waals surface area contributed by atoms with Gasteiger partial charge in [-0.25, -0.2) is 0 Å². The van der Waals surface area contributed by atoms with Crippen molar-refractivity contribution in [2.45, 2.75) is 20.3 Å². The van der Waals surface area contributed by atoms with Gasteiger partial charge in [-0.05, 0) is 43.7 Å². The van der Waals surface area contributed by atoms with Crippen molar-refractivity contribution in [1.29, 1.82) is 0 Å². The van der Waals surface area contributed by atoms with Crippen LogP contribution in [0.25, 0.3) is 22.5 Å². The third-order valence-electron chi connectivity index (χ3n) is 4.64. The van der Waals surface area contributed by atoms with E-state index in [0.29, 0.717) is 46.3 Å². The van der Waals surface area contributed by atoms with E-state index in [4.69, 9.17) is 9.47 Å². The second-order valence-electron chi connectivity index (χ2n) is 6.12. The fourth-order valence-electron chi connectivity index (χ4n) is 3.28. The molecule has 27 heavy (non-hydrogen) atoms. The summed E-state index contributed by atoms with van der Waals surface area (Å²) >= 11 is 0. The van der Waals surface area contributed by atoms with Crippen molar-refractivity contribution >= 4 is 0 Å². The molecule has 0 spiro atoms. The number of methoxy groups -OCH3 is 2. The summed E-state index contributed by atoms with van der Waals surface area (Å²) in [5.41, 5.74) is 2.96. The molecule has 3 aromatic rings. The lowest BCUT2D eigenvalue weighted by atomic mass is 10.0. The van der Waals surface area contributed by atoms with E-state index < -0.39 is 0 Å². The Labute approximate surface area is 157 Å². The van der Waals surface area contributed by atoms with Gasteiger partial charge in [0.25, 0.3) is 11.4 Å². The lowest BCUT2D eigenvalue weighted by Gasteiger charge is -2.13. The minimum atomic E-state index is 0.310. The van der Waals surface area contributed by atoms with E-state index in [1.807, 2.05) is 37.3 Å². The van der Waals surface area contributed by atoms with Crippen molar-refractivity contribution in [3.63, 3.8) is 0 Å². The molecule has 1 aromatic heterocycles. The van der Waals surface area contributed by atoms with E-state index in [1.165, 1.54) is 0 Å². The molecule has 0 aliphatic carbocycles. The van der Waals surface area contributed by atoms with Gasteiger partial charge in [-0.3, -0.25) is 0 Å². The molecule has 0 amide bonds. The van der Waals surface area contributed by atoms with Gasteiger partial charge in [0, 0.05) is 4.91 Å². The molecule has 6 nitrogen and oxygen atoms in total. The minimum absolute atomic E-state index is 0.310. The van der Waals surface area contributed by atoms with Crippen molar-refractivity contribution in [1.82, 2.24) is 4.73 Å². The zero-order valence-electron chi connectivity index (χ0n) is 15.9. The largest absolute Gasteiger partial charge is 0.497 e. The molecule has 0 saturated heterocycles. The highest BCUT2D eigenvalue weighted by Crippen LogP contribution is 2.34. The van der Waals surface area contributed by atoms with Gasteiger partial charge in [0.15, 0.2) is 0 Å². The summed E-state index contributed by atoms with van der Waals surface area (Å²) < 4.78 is 12.7. The van der Waals surface area contributed by atoms with Crippen LogP contribution in [0.1, 0.15) is 18.3 Å². The Morgan fingerprint density at radius 1 is 1.04 bits per heavy atom. The topological polar surface area (TPSA) is 66.6 Å². The fourth-order valence-corrected chi connectivity index (χ4v) is 3.28. The summed E-state index contributed by atoms with van der Waals surface area (Å²) in [6.45, 7) is 3.61. The molecule has 6 heteroatoms. The Bertz CT molecular complexity index is 1030. The van der Waals surface area contributed by atoms with E-state index in [9.17, 15) is 10.1 Å². The molecule has 1 N–H and O–H groups in total. The summed E-state index contributed by atoms with van der Waals surface area (Å²) in [5, 5.41) is 10.8. The average Bonchev–Trinajstić information content (AvgIpc) is 2.71. The molecule has 0 bridgehead atoms. The zero-order chi connectivity index (χ0) is 19.6. The Balaban J connectivity index is 2.43. The van der Waals surface area contributed by atoms with Crippen LogP contribution < -0.4 is 13.9 Å². The highest BCUT2D eigenvalue weighted by Gasteiger charge is 2.31. The maximum atomic E-state index is 13.5. The Morgan fingerprint density at radius 2 is 1.74 bits per heavy atom. The van der Waals surface area contributed by atoms with Gasteiger partial charge >= 0.3 is 0 Å². The fraction of sp³-hybridized carbons (Fsp3) is 0.238. The van der Waals surface area contributed by atoms with Crippen LogP contribution in [0.3, 0.4) is 0 Å². The molecule has 0 saturated carbocycles. The molecule has 0 atom stereocenters. The third kappa shape index (κ3) is 3.14. The molecule has 140 valence electrons. The first-order valence-corrected chi connectivity index (χ1v) is 8.71. The van der Waals surface area contributed by atoms with Crippen LogP contribution >= 0.6 is 0 Å². The number of hydrogen-bond acceptors (Lipinski definition) is 4. The first kappa shape index (κ1) is 18.5. The molecule has 0 unspecified atom stereocenters. The van der Waals surface area contributed by atoms with Crippen molar-refractivity contribution < 1.29 is 19.1 Å². The molecule has 0 radical (unpaired) electrons.